The number of piperidine rings is 1. The molecule has 0 saturated carbocycles. The standard InChI is InChI=1S/C11H13FN2O2/c12-10-7-13-4-1-9(10)11(16)14-5-2-8(15)3-6-14/h1,4,7-8,15H,2-3,5-6H2. The van der Waals surface area contributed by atoms with Gasteiger partial charge in [-0.25, -0.2) is 4.39 Å². The van der Waals surface area contributed by atoms with E-state index >= 15 is 0 Å². The van der Waals surface area contributed by atoms with Crippen molar-refractivity contribution in [1.82, 2.24) is 9.88 Å². The number of pyridine rings is 1. The number of carbonyl (C=O) groups excluding carboxylic acids is 1. The second-order valence-corrected chi connectivity index (χ2v) is 3.88. The van der Waals surface area contributed by atoms with Crippen LogP contribution in [0.5, 0.6) is 0 Å². The van der Waals surface area contributed by atoms with E-state index in [9.17, 15) is 14.3 Å². The maximum absolute atomic E-state index is 13.3. The molecule has 0 aliphatic carbocycles. The van der Waals surface area contributed by atoms with Crippen LogP contribution in [0.1, 0.15) is 23.2 Å². The van der Waals surface area contributed by atoms with Crippen molar-refractivity contribution in [3.8, 4) is 0 Å². The van der Waals surface area contributed by atoms with Crippen LogP contribution in [0.2, 0.25) is 0 Å². The van der Waals surface area contributed by atoms with E-state index in [-0.39, 0.29) is 17.6 Å². The third-order valence-corrected chi connectivity index (χ3v) is 2.75. The van der Waals surface area contributed by atoms with Crippen molar-refractivity contribution in [2.24, 2.45) is 0 Å². The highest BCUT2D eigenvalue weighted by atomic mass is 19.1. The van der Waals surface area contributed by atoms with Gasteiger partial charge in [-0.05, 0) is 18.9 Å². The largest absolute Gasteiger partial charge is 0.393 e. The Morgan fingerprint density at radius 1 is 1.50 bits per heavy atom. The molecular formula is C11H13FN2O2. The minimum absolute atomic E-state index is 0.0476. The Hall–Kier alpha value is -1.49. The Labute approximate surface area is 92.7 Å². The zero-order valence-corrected chi connectivity index (χ0v) is 8.77. The molecule has 0 aromatic carbocycles. The highest BCUT2D eigenvalue weighted by Gasteiger charge is 2.23. The number of halogens is 1. The molecule has 1 saturated heterocycles. The van der Waals surface area contributed by atoms with Gasteiger partial charge in [-0.2, -0.15) is 0 Å². The molecule has 1 fully saturated rings. The summed E-state index contributed by atoms with van der Waals surface area (Å²) < 4.78 is 13.3. The molecule has 2 rings (SSSR count). The SMILES string of the molecule is O=C(c1ccncc1F)N1CCC(O)CC1. The number of aromatic nitrogens is 1. The average Bonchev–Trinajstić information content (AvgIpc) is 2.30. The van der Waals surface area contributed by atoms with Crippen LogP contribution in [-0.4, -0.2) is 40.1 Å². The van der Waals surface area contributed by atoms with Crippen LogP contribution in [0.3, 0.4) is 0 Å². The second kappa shape index (κ2) is 4.57. The second-order valence-electron chi connectivity index (χ2n) is 3.88. The van der Waals surface area contributed by atoms with Crippen LogP contribution in [-0.2, 0) is 0 Å². The van der Waals surface area contributed by atoms with E-state index in [1.54, 1.807) is 4.90 Å². The van der Waals surface area contributed by atoms with Crippen molar-refractivity contribution in [3.63, 3.8) is 0 Å². The maximum Gasteiger partial charge on any atom is 0.256 e. The number of rotatable bonds is 1. The van der Waals surface area contributed by atoms with Gasteiger partial charge in [0, 0.05) is 19.3 Å². The zero-order chi connectivity index (χ0) is 11.5. The summed E-state index contributed by atoms with van der Waals surface area (Å²) in [6.45, 7) is 0.948. The number of hydrogen-bond acceptors (Lipinski definition) is 3. The van der Waals surface area contributed by atoms with E-state index in [2.05, 4.69) is 4.98 Å². The lowest BCUT2D eigenvalue weighted by molar-refractivity contribution is 0.0542. The first-order valence-electron chi connectivity index (χ1n) is 5.25. The Morgan fingerprint density at radius 2 is 2.19 bits per heavy atom. The Balaban J connectivity index is 2.11. The summed E-state index contributed by atoms with van der Waals surface area (Å²) in [7, 11) is 0. The Morgan fingerprint density at radius 3 is 2.81 bits per heavy atom. The fourth-order valence-corrected chi connectivity index (χ4v) is 1.79. The van der Waals surface area contributed by atoms with Crippen LogP contribution < -0.4 is 0 Å². The summed E-state index contributed by atoms with van der Waals surface area (Å²) in [5.74, 6) is -0.926. The summed E-state index contributed by atoms with van der Waals surface area (Å²) in [5, 5.41) is 9.31. The zero-order valence-electron chi connectivity index (χ0n) is 8.77. The third kappa shape index (κ3) is 2.19. The molecule has 1 aromatic rings. The highest BCUT2D eigenvalue weighted by molar-refractivity contribution is 5.94. The molecule has 86 valence electrons. The summed E-state index contributed by atoms with van der Waals surface area (Å²) in [6, 6.07) is 1.38. The van der Waals surface area contributed by atoms with E-state index < -0.39 is 5.82 Å². The van der Waals surface area contributed by atoms with E-state index in [0.717, 1.165) is 6.20 Å². The summed E-state index contributed by atoms with van der Waals surface area (Å²) >= 11 is 0. The normalized spacial score (nSPS) is 17.5. The van der Waals surface area contributed by atoms with E-state index in [1.165, 1.54) is 12.3 Å². The molecule has 2 heterocycles. The van der Waals surface area contributed by atoms with Crippen molar-refractivity contribution in [2.75, 3.05) is 13.1 Å². The quantitative estimate of drug-likeness (QED) is 0.768. The lowest BCUT2D eigenvalue weighted by Gasteiger charge is -2.29. The first kappa shape index (κ1) is 11.0. The molecule has 0 radical (unpaired) electrons. The lowest BCUT2D eigenvalue weighted by Crippen LogP contribution is -2.40. The molecule has 1 aliphatic heterocycles. The molecular weight excluding hydrogens is 211 g/mol. The molecule has 1 aliphatic rings. The molecule has 1 aromatic heterocycles. The Kier molecular flexibility index (Phi) is 3.14. The first-order chi connectivity index (χ1) is 7.68. The van der Waals surface area contributed by atoms with Gasteiger partial charge >= 0.3 is 0 Å². The molecule has 1 amide bonds. The smallest absolute Gasteiger partial charge is 0.256 e. The third-order valence-electron chi connectivity index (χ3n) is 2.75. The van der Waals surface area contributed by atoms with E-state index in [1.807, 2.05) is 0 Å². The topological polar surface area (TPSA) is 53.4 Å². The number of aliphatic hydroxyl groups is 1. The van der Waals surface area contributed by atoms with Crippen molar-refractivity contribution >= 4 is 5.91 Å². The van der Waals surface area contributed by atoms with Crippen LogP contribution in [0, 0.1) is 5.82 Å². The van der Waals surface area contributed by atoms with Gasteiger partial charge in [-0.3, -0.25) is 9.78 Å². The van der Waals surface area contributed by atoms with Gasteiger partial charge in [0.05, 0.1) is 17.9 Å². The van der Waals surface area contributed by atoms with Crippen LogP contribution in [0.4, 0.5) is 4.39 Å². The summed E-state index contributed by atoms with van der Waals surface area (Å²) in [4.78, 5) is 17.1. The fraction of sp³-hybridized carbons (Fsp3) is 0.455. The van der Waals surface area contributed by atoms with E-state index in [4.69, 9.17) is 0 Å². The van der Waals surface area contributed by atoms with Gasteiger partial charge in [0.15, 0.2) is 5.82 Å². The van der Waals surface area contributed by atoms with E-state index in [0.29, 0.717) is 25.9 Å². The maximum atomic E-state index is 13.3. The highest BCUT2D eigenvalue weighted by Crippen LogP contribution is 2.15. The monoisotopic (exact) mass is 224 g/mol. The molecule has 16 heavy (non-hydrogen) atoms. The number of hydrogen-bond donors (Lipinski definition) is 1. The molecule has 0 spiro atoms. The number of amides is 1. The minimum Gasteiger partial charge on any atom is -0.393 e. The number of nitrogens with zero attached hydrogens (tertiary/aromatic N) is 2. The number of likely N-dealkylation sites (tertiary alicyclic amines) is 1. The van der Waals surface area contributed by atoms with Gasteiger partial charge in [0.25, 0.3) is 5.91 Å². The lowest BCUT2D eigenvalue weighted by atomic mass is 10.1. The van der Waals surface area contributed by atoms with Gasteiger partial charge in [-0.1, -0.05) is 0 Å². The van der Waals surface area contributed by atoms with Crippen molar-refractivity contribution in [2.45, 2.75) is 18.9 Å². The summed E-state index contributed by atoms with van der Waals surface area (Å²) in [6.07, 6.45) is 3.20. The van der Waals surface area contributed by atoms with Crippen LogP contribution in [0.15, 0.2) is 18.5 Å². The van der Waals surface area contributed by atoms with Gasteiger partial charge in [-0.15, -0.1) is 0 Å². The summed E-state index contributed by atoms with van der Waals surface area (Å²) in [5.41, 5.74) is 0.0476. The van der Waals surface area contributed by atoms with Crippen LogP contribution in [0.25, 0.3) is 0 Å². The van der Waals surface area contributed by atoms with Gasteiger partial charge in [0.2, 0.25) is 0 Å². The van der Waals surface area contributed by atoms with Gasteiger partial charge < -0.3 is 10.0 Å². The number of aliphatic hydroxyl groups excluding tert-OH is 1. The first-order valence-corrected chi connectivity index (χ1v) is 5.25. The molecule has 0 bridgehead atoms. The predicted octanol–water partition coefficient (Wildman–Crippen LogP) is 0.818. The van der Waals surface area contributed by atoms with Gasteiger partial charge in [0.1, 0.15) is 0 Å². The molecule has 0 unspecified atom stereocenters. The van der Waals surface area contributed by atoms with Crippen LogP contribution >= 0.6 is 0 Å². The van der Waals surface area contributed by atoms with Crippen molar-refractivity contribution in [1.29, 1.82) is 0 Å². The average molecular weight is 224 g/mol. The molecule has 5 heteroatoms. The molecule has 4 nitrogen and oxygen atoms in total. The van der Waals surface area contributed by atoms with Crippen molar-refractivity contribution in [3.05, 3.63) is 29.8 Å². The molecule has 0 atom stereocenters. The molecule has 1 N–H and O–H groups in total. The predicted molar refractivity (Wildman–Crippen MR) is 55.3 cm³/mol. The minimum atomic E-state index is -0.598. The number of carbonyl (C=O) groups is 1. The fourth-order valence-electron chi connectivity index (χ4n) is 1.79. The Bertz CT molecular complexity index is 389. The van der Waals surface area contributed by atoms with Crippen molar-refractivity contribution < 1.29 is 14.3 Å².